The van der Waals surface area contributed by atoms with Gasteiger partial charge in [0.05, 0.1) is 13.7 Å². The number of nitrogens with one attached hydrogen (secondary N) is 1. The molecule has 0 atom stereocenters. The van der Waals surface area contributed by atoms with Crippen LogP contribution in [0.15, 0.2) is 30.3 Å². The minimum atomic E-state index is -0.502. The van der Waals surface area contributed by atoms with Crippen molar-refractivity contribution in [2.24, 2.45) is 0 Å². The standard InChI is InChI=1S/C16H19N3O3/c1-11-5-4-6-12(2)15(11)22-10-9-17-14-8-7-13(18-19-14)16(20)21-3/h4-8H,9-10H2,1-3H3,(H,17,19). The number of nitrogens with zero attached hydrogens (tertiary/aromatic N) is 2. The topological polar surface area (TPSA) is 73.3 Å². The quantitative estimate of drug-likeness (QED) is 0.652. The molecule has 2 rings (SSSR count). The zero-order valence-corrected chi connectivity index (χ0v) is 12.9. The minimum Gasteiger partial charge on any atom is -0.491 e. The molecule has 0 spiro atoms. The molecule has 2 aromatic rings. The summed E-state index contributed by atoms with van der Waals surface area (Å²) in [5.41, 5.74) is 2.41. The number of aromatic nitrogens is 2. The van der Waals surface area contributed by atoms with E-state index >= 15 is 0 Å². The second-order valence-electron chi connectivity index (χ2n) is 4.79. The second-order valence-corrected chi connectivity index (χ2v) is 4.79. The van der Waals surface area contributed by atoms with Crippen molar-refractivity contribution in [2.75, 3.05) is 25.6 Å². The fourth-order valence-electron chi connectivity index (χ4n) is 2.00. The summed E-state index contributed by atoms with van der Waals surface area (Å²) in [5.74, 6) is 0.992. The molecule has 6 heteroatoms. The maximum atomic E-state index is 11.2. The van der Waals surface area contributed by atoms with Crippen LogP contribution < -0.4 is 10.1 Å². The molecule has 1 heterocycles. The lowest BCUT2D eigenvalue weighted by atomic mass is 10.1. The molecule has 0 aliphatic carbocycles. The van der Waals surface area contributed by atoms with Crippen molar-refractivity contribution in [3.63, 3.8) is 0 Å². The number of carbonyl (C=O) groups is 1. The summed E-state index contributed by atoms with van der Waals surface area (Å²) in [6.07, 6.45) is 0. The molecule has 0 aliphatic rings. The first-order chi connectivity index (χ1) is 10.6. The number of hydrogen-bond donors (Lipinski definition) is 1. The molecule has 0 radical (unpaired) electrons. The van der Waals surface area contributed by atoms with E-state index in [0.29, 0.717) is 19.0 Å². The number of carbonyl (C=O) groups excluding carboxylic acids is 1. The van der Waals surface area contributed by atoms with Gasteiger partial charge in [-0.25, -0.2) is 4.79 Å². The molecule has 1 aromatic carbocycles. The zero-order valence-electron chi connectivity index (χ0n) is 12.9. The first-order valence-electron chi connectivity index (χ1n) is 6.96. The number of ether oxygens (including phenoxy) is 2. The van der Waals surface area contributed by atoms with E-state index in [9.17, 15) is 4.79 Å². The van der Waals surface area contributed by atoms with E-state index in [1.165, 1.54) is 7.11 Å². The number of rotatable bonds is 6. The number of esters is 1. The molecule has 0 aliphatic heterocycles. The lowest BCUT2D eigenvalue weighted by molar-refractivity contribution is 0.0593. The summed E-state index contributed by atoms with van der Waals surface area (Å²) >= 11 is 0. The average Bonchev–Trinajstić information content (AvgIpc) is 2.53. The average molecular weight is 301 g/mol. The number of hydrogen-bond acceptors (Lipinski definition) is 6. The number of aryl methyl sites for hydroxylation is 2. The Morgan fingerprint density at radius 1 is 1.14 bits per heavy atom. The molecule has 22 heavy (non-hydrogen) atoms. The number of methoxy groups -OCH3 is 1. The van der Waals surface area contributed by atoms with E-state index in [4.69, 9.17) is 4.74 Å². The Morgan fingerprint density at radius 2 is 1.86 bits per heavy atom. The van der Waals surface area contributed by atoms with E-state index in [-0.39, 0.29) is 5.69 Å². The number of benzene rings is 1. The highest BCUT2D eigenvalue weighted by Gasteiger charge is 2.07. The monoisotopic (exact) mass is 301 g/mol. The van der Waals surface area contributed by atoms with Crippen LogP contribution in [0.4, 0.5) is 5.82 Å². The lowest BCUT2D eigenvalue weighted by Gasteiger charge is -2.12. The van der Waals surface area contributed by atoms with Gasteiger partial charge >= 0.3 is 5.97 Å². The van der Waals surface area contributed by atoms with Crippen molar-refractivity contribution in [1.29, 1.82) is 0 Å². The third-order valence-corrected chi connectivity index (χ3v) is 3.12. The zero-order chi connectivity index (χ0) is 15.9. The first kappa shape index (κ1) is 15.8. The highest BCUT2D eigenvalue weighted by molar-refractivity contribution is 5.86. The Balaban J connectivity index is 1.83. The molecule has 0 saturated carbocycles. The molecule has 116 valence electrons. The summed E-state index contributed by atoms with van der Waals surface area (Å²) in [7, 11) is 1.31. The third kappa shape index (κ3) is 3.94. The third-order valence-electron chi connectivity index (χ3n) is 3.12. The predicted molar refractivity (Wildman–Crippen MR) is 83.3 cm³/mol. The molecular weight excluding hydrogens is 282 g/mol. The van der Waals surface area contributed by atoms with Gasteiger partial charge in [0.1, 0.15) is 18.2 Å². The molecule has 1 aromatic heterocycles. The van der Waals surface area contributed by atoms with Gasteiger partial charge in [-0.2, -0.15) is 0 Å². The molecule has 0 fully saturated rings. The summed E-state index contributed by atoms with van der Waals surface area (Å²) < 4.78 is 10.3. The van der Waals surface area contributed by atoms with Crippen LogP contribution >= 0.6 is 0 Å². The van der Waals surface area contributed by atoms with Gasteiger partial charge in [0, 0.05) is 0 Å². The van der Waals surface area contributed by atoms with E-state index in [1.807, 2.05) is 32.0 Å². The van der Waals surface area contributed by atoms with Crippen LogP contribution in [0, 0.1) is 13.8 Å². The van der Waals surface area contributed by atoms with Crippen molar-refractivity contribution < 1.29 is 14.3 Å². The predicted octanol–water partition coefficient (Wildman–Crippen LogP) is 2.37. The summed E-state index contributed by atoms with van der Waals surface area (Å²) in [4.78, 5) is 11.2. The van der Waals surface area contributed by atoms with Crippen molar-refractivity contribution in [1.82, 2.24) is 10.2 Å². The minimum absolute atomic E-state index is 0.180. The first-order valence-corrected chi connectivity index (χ1v) is 6.96. The molecule has 6 nitrogen and oxygen atoms in total. The van der Waals surface area contributed by atoms with Crippen molar-refractivity contribution >= 4 is 11.8 Å². The Labute approximate surface area is 129 Å². The van der Waals surface area contributed by atoms with Gasteiger partial charge < -0.3 is 14.8 Å². The fraction of sp³-hybridized carbons (Fsp3) is 0.312. The Hall–Kier alpha value is -2.63. The molecule has 0 amide bonds. The SMILES string of the molecule is COC(=O)c1ccc(NCCOc2c(C)cccc2C)nn1. The lowest BCUT2D eigenvalue weighted by Crippen LogP contribution is -2.14. The highest BCUT2D eigenvalue weighted by atomic mass is 16.5. The summed E-state index contributed by atoms with van der Waals surface area (Å²) in [5, 5.41) is 10.8. The van der Waals surface area contributed by atoms with Crippen LogP contribution in [0.5, 0.6) is 5.75 Å². The van der Waals surface area contributed by atoms with Crippen molar-refractivity contribution in [2.45, 2.75) is 13.8 Å². The Morgan fingerprint density at radius 3 is 2.45 bits per heavy atom. The molecule has 0 bridgehead atoms. The normalized spacial score (nSPS) is 10.1. The largest absolute Gasteiger partial charge is 0.491 e. The van der Waals surface area contributed by atoms with Crippen LogP contribution in [0.3, 0.4) is 0 Å². The van der Waals surface area contributed by atoms with E-state index in [2.05, 4.69) is 20.3 Å². The molecule has 0 unspecified atom stereocenters. The highest BCUT2D eigenvalue weighted by Crippen LogP contribution is 2.21. The van der Waals surface area contributed by atoms with Gasteiger partial charge in [0.2, 0.25) is 0 Å². The van der Waals surface area contributed by atoms with E-state index < -0.39 is 5.97 Å². The second kappa shape index (κ2) is 7.40. The van der Waals surface area contributed by atoms with E-state index in [0.717, 1.165) is 16.9 Å². The van der Waals surface area contributed by atoms with Gasteiger partial charge in [0.25, 0.3) is 0 Å². The van der Waals surface area contributed by atoms with Gasteiger partial charge in [-0.05, 0) is 37.1 Å². The van der Waals surface area contributed by atoms with Crippen LogP contribution in [0.1, 0.15) is 21.6 Å². The molecule has 1 N–H and O–H groups in total. The molecular formula is C16H19N3O3. The van der Waals surface area contributed by atoms with Gasteiger partial charge in [-0.3, -0.25) is 0 Å². The van der Waals surface area contributed by atoms with Crippen molar-refractivity contribution in [3.05, 3.63) is 47.2 Å². The van der Waals surface area contributed by atoms with Crippen LogP contribution in [0.25, 0.3) is 0 Å². The van der Waals surface area contributed by atoms with Gasteiger partial charge in [-0.15, -0.1) is 10.2 Å². The number of anilines is 1. The van der Waals surface area contributed by atoms with Crippen LogP contribution in [-0.2, 0) is 4.74 Å². The van der Waals surface area contributed by atoms with E-state index in [1.54, 1.807) is 12.1 Å². The van der Waals surface area contributed by atoms with Crippen LogP contribution in [-0.4, -0.2) is 36.4 Å². The fourth-order valence-corrected chi connectivity index (χ4v) is 2.00. The molecule has 0 saturated heterocycles. The Kier molecular flexibility index (Phi) is 5.30. The van der Waals surface area contributed by atoms with Crippen LogP contribution in [0.2, 0.25) is 0 Å². The maximum absolute atomic E-state index is 11.2. The van der Waals surface area contributed by atoms with Gasteiger partial charge in [-0.1, -0.05) is 18.2 Å². The summed E-state index contributed by atoms with van der Waals surface area (Å²) in [6, 6.07) is 9.29. The number of para-hydroxylation sites is 1. The smallest absolute Gasteiger partial charge is 0.358 e. The maximum Gasteiger partial charge on any atom is 0.358 e. The van der Waals surface area contributed by atoms with Gasteiger partial charge in [0.15, 0.2) is 5.69 Å². The Bertz CT molecular complexity index is 621. The van der Waals surface area contributed by atoms with Crippen molar-refractivity contribution in [3.8, 4) is 5.75 Å². The summed E-state index contributed by atoms with van der Waals surface area (Å²) in [6.45, 7) is 5.13.